The smallest absolute Gasteiger partial charge is 0.408 e. The van der Waals surface area contributed by atoms with E-state index in [4.69, 9.17) is 15.2 Å². The van der Waals surface area contributed by atoms with Crippen molar-refractivity contribution < 1.29 is 28.2 Å². The lowest BCUT2D eigenvalue weighted by atomic mass is 10.0. The number of nitrogens with one attached hydrogen (secondary N) is 1. The van der Waals surface area contributed by atoms with Crippen LogP contribution in [0, 0.1) is 0 Å². The van der Waals surface area contributed by atoms with Crippen LogP contribution in [0.2, 0.25) is 0 Å². The van der Waals surface area contributed by atoms with E-state index in [2.05, 4.69) is 15.3 Å². The van der Waals surface area contributed by atoms with Crippen molar-refractivity contribution >= 4 is 34.3 Å². The lowest BCUT2D eigenvalue weighted by Crippen LogP contribution is -2.55. The van der Waals surface area contributed by atoms with Crippen LogP contribution in [0.25, 0.3) is 22.2 Å². The van der Waals surface area contributed by atoms with Gasteiger partial charge in [-0.2, -0.15) is 8.78 Å². The molecule has 2 aromatic carbocycles. The summed E-state index contributed by atoms with van der Waals surface area (Å²) in [4.78, 5) is 22.3. The number of hydrogen-bond donors (Lipinski definition) is 3. The molecule has 0 saturated heterocycles. The minimum atomic E-state index is -2.70. The van der Waals surface area contributed by atoms with E-state index in [9.17, 15) is 18.7 Å². The molecule has 12 heteroatoms. The fourth-order valence-corrected chi connectivity index (χ4v) is 5.22. The maximum absolute atomic E-state index is 13.7. The van der Waals surface area contributed by atoms with E-state index in [1.165, 1.54) is 24.4 Å². The highest BCUT2D eigenvalue weighted by Gasteiger charge is 2.55. The predicted octanol–water partition coefficient (Wildman–Crippen LogP) is 6.52. The number of amides is 1. The molecule has 10 nitrogen and oxygen atoms in total. The zero-order valence-corrected chi connectivity index (χ0v) is 23.2. The number of benzene rings is 2. The fourth-order valence-electron chi connectivity index (χ4n) is 5.22. The van der Waals surface area contributed by atoms with E-state index in [1.54, 1.807) is 42.5 Å². The number of nitrogens with zero attached hydrogens (tertiary/aromatic N) is 4. The van der Waals surface area contributed by atoms with Crippen LogP contribution in [0.4, 0.5) is 30.9 Å². The minimum absolute atomic E-state index is 0.147. The maximum Gasteiger partial charge on any atom is 0.408 e. The number of carbonyl (C=O) groups is 1. The Kier molecular flexibility index (Phi) is 7.10. The van der Waals surface area contributed by atoms with Gasteiger partial charge in [0.15, 0.2) is 0 Å². The van der Waals surface area contributed by atoms with Gasteiger partial charge in [-0.3, -0.25) is 9.47 Å². The Bertz CT molecular complexity index is 1600. The van der Waals surface area contributed by atoms with E-state index in [-0.39, 0.29) is 12.6 Å². The molecular formula is C29H32F2N6O4. The van der Waals surface area contributed by atoms with Gasteiger partial charge in [-0.1, -0.05) is 18.2 Å². The lowest BCUT2D eigenvalue weighted by Gasteiger charge is -2.40. The Morgan fingerprint density at radius 1 is 1.22 bits per heavy atom. The number of methoxy groups -OCH3 is 1. The molecule has 0 unspecified atom stereocenters. The quantitative estimate of drug-likeness (QED) is 0.196. The lowest BCUT2D eigenvalue weighted by molar-refractivity contribution is 0.0400. The van der Waals surface area contributed by atoms with E-state index in [0.29, 0.717) is 57.9 Å². The Balaban J connectivity index is 1.39. The molecule has 41 heavy (non-hydrogen) atoms. The molecule has 0 atom stereocenters. The number of alkyl halides is 2. The van der Waals surface area contributed by atoms with Gasteiger partial charge in [-0.25, -0.2) is 14.8 Å². The summed E-state index contributed by atoms with van der Waals surface area (Å²) in [5.41, 5.74) is 7.28. The summed E-state index contributed by atoms with van der Waals surface area (Å²) in [5, 5.41) is 13.6. The van der Waals surface area contributed by atoms with E-state index in [0.717, 1.165) is 4.57 Å². The topological polar surface area (TPSA) is 128 Å². The van der Waals surface area contributed by atoms with E-state index < -0.39 is 23.7 Å². The second-order valence-corrected chi connectivity index (χ2v) is 11.0. The molecule has 2 heterocycles. The number of hydrogen-bond acceptors (Lipinski definition) is 7. The number of para-hydroxylation sites is 1. The van der Waals surface area contributed by atoms with E-state index in [1.807, 2.05) is 20.8 Å². The number of ether oxygens (including phenoxy) is 2. The molecule has 0 aliphatic heterocycles. The van der Waals surface area contributed by atoms with Gasteiger partial charge in [-0.15, -0.1) is 0 Å². The molecule has 1 aliphatic rings. The fraction of sp³-hybridized carbons (Fsp3) is 0.345. The van der Waals surface area contributed by atoms with Gasteiger partial charge in [0.05, 0.1) is 35.2 Å². The highest BCUT2D eigenvalue weighted by atomic mass is 19.3. The van der Waals surface area contributed by atoms with Crippen LogP contribution in [0.1, 0.15) is 40.2 Å². The zero-order chi connectivity index (χ0) is 29.5. The zero-order valence-electron chi connectivity index (χ0n) is 23.2. The first-order chi connectivity index (χ1) is 19.4. The maximum atomic E-state index is 13.7. The summed E-state index contributed by atoms with van der Waals surface area (Å²) in [7, 11) is 1.49. The molecule has 1 saturated carbocycles. The standard InChI is InChI=1S/C29H32F2N6O4/c1-28(2,3)37(27(38)39)29(10-11-29)16-41-23-14-24(40-4)21(13-19(23)32)35-26-33-12-9-20(34-26)18-15-36(25(30)31)22-8-6-5-7-17(18)22/h5-9,12-15,25H,10-11,16,32H2,1-4H3,(H,38,39)(H,33,34,35). The number of fused-ring (bicyclic) bond motifs is 1. The number of carboxylic acid groups (broad SMARTS) is 1. The van der Waals surface area contributed by atoms with Crippen molar-refractivity contribution in [3.8, 4) is 22.8 Å². The second-order valence-electron chi connectivity index (χ2n) is 11.0. The monoisotopic (exact) mass is 566 g/mol. The van der Waals surface area contributed by atoms with Crippen molar-refractivity contribution in [2.24, 2.45) is 0 Å². The van der Waals surface area contributed by atoms with Crippen LogP contribution >= 0.6 is 0 Å². The number of rotatable bonds is 9. The second kappa shape index (κ2) is 10.4. The Morgan fingerprint density at radius 2 is 1.95 bits per heavy atom. The Labute approximate surface area is 235 Å². The molecule has 1 aliphatic carbocycles. The van der Waals surface area contributed by atoms with Crippen LogP contribution in [0.5, 0.6) is 11.5 Å². The minimum Gasteiger partial charge on any atom is -0.494 e. The highest BCUT2D eigenvalue weighted by molar-refractivity contribution is 5.95. The molecule has 0 radical (unpaired) electrons. The molecule has 4 aromatic rings. The van der Waals surface area contributed by atoms with Crippen molar-refractivity contribution in [2.45, 2.75) is 51.2 Å². The molecule has 4 N–H and O–H groups in total. The van der Waals surface area contributed by atoms with Crippen molar-refractivity contribution in [1.82, 2.24) is 19.4 Å². The Morgan fingerprint density at radius 3 is 2.59 bits per heavy atom. The van der Waals surface area contributed by atoms with Gasteiger partial charge in [-0.05, 0) is 51.8 Å². The van der Waals surface area contributed by atoms with Crippen LogP contribution in [0.3, 0.4) is 0 Å². The third-order valence-electron chi connectivity index (χ3n) is 7.12. The summed E-state index contributed by atoms with van der Waals surface area (Å²) in [5.74, 6) is 0.961. The molecule has 2 aromatic heterocycles. The molecule has 5 rings (SSSR count). The van der Waals surface area contributed by atoms with Gasteiger partial charge in [0.1, 0.15) is 18.1 Å². The van der Waals surface area contributed by atoms with Gasteiger partial charge >= 0.3 is 12.6 Å². The SMILES string of the molecule is COc1cc(OCC2(N(C(=O)O)C(C)(C)C)CC2)c(N)cc1Nc1nccc(-c2cn(C(F)F)c3ccccc23)n1. The third-order valence-corrected chi connectivity index (χ3v) is 7.12. The third kappa shape index (κ3) is 5.41. The van der Waals surface area contributed by atoms with Gasteiger partial charge in [0.25, 0.3) is 0 Å². The normalized spacial score (nSPS) is 14.2. The number of anilines is 3. The molecular weight excluding hydrogens is 534 g/mol. The molecule has 0 spiro atoms. The number of nitrogen functional groups attached to an aromatic ring is 1. The van der Waals surface area contributed by atoms with Crippen LogP contribution < -0.4 is 20.5 Å². The molecule has 1 amide bonds. The van der Waals surface area contributed by atoms with Gasteiger partial charge < -0.3 is 25.6 Å². The first-order valence-corrected chi connectivity index (χ1v) is 13.1. The first-order valence-electron chi connectivity index (χ1n) is 13.1. The average Bonchev–Trinajstić information content (AvgIpc) is 3.56. The van der Waals surface area contributed by atoms with Crippen molar-refractivity contribution in [3.63, 3.8) is 0 Å². The number of aromatic nitrogens is 3. The first kappa shape index (κ1) is 27.9. The molecule has 0 bridgehead atoms. The van der Waals surface area contributed by atoms with Gasteiger partial charge in [0, 0.05) is 34.9 Å². The van der Waals surface area contributed by atoms with Crippen LogP contribution in [-0.4, -0.2) is 55.4 Å². The van der Waals surface area contributed by atoms with Crippen molar-refractivity contribution in [2.75, 3.05) is 24.8 Å². The highest BCUT2D eigenvalue weighted by Crippen LogP contribution is 2.46. The van der Waals surface area contributed by atoms with Gasteiger partial charge in [0.2, 0.25) is 5.95 Å². The van der Waals surface area contributed by atoms with Crippen LogP contribution in [0.15, 0.2) is 54.9 Å². The number of halogens is 2. The van der Waals surface area contributed by atoms with Crippen molar-refractivity contribution in [1.29, 1.82) is 0 Å². The molecule has 216 valence electrons. The molecule has 1 fully saturated rings. The van der Waals surface area contributed by atoms with Crippen LogP contribution in [-0.2, 0) is 0 Å². The predicted molar refractivity (Wildman–Crippen MR) is 152 cm³/mol. The average molecular weight is 567 g/mol. The summed E-state index contributed by atoms with van der Waals surface area (Å²) < 4.78 is 39.8. The summed E-state index contributed by atoms with van der Waals surface area (Å²) in [6, 6.07) is 11.8. The summed E-state index contributed by atoms with van der Waals surface area (Å²) in [6.45, 7) is 3.01. The van der Waals surface area contributed by atoms with Crippen molar-refractivity contribution in [3.05, 3.63) is 54.9 Å². The summed E-state index contributed by atoms with van der Waals surface area (Å²) in [6.07, 6.45) is 3.30. The Hall–Kier alpha value is -4.61. The largest absolute Gasteiger partial charge is 0.494 e. The number of nitrogens with two attached hydrogens (primary N) is 1. The summed E-state index contributed by atoms with van der Waals surface area (Å²) >= 11 is 0. The van der Waals surface area contributed by atoms with E-state index >= 15 is 0 Å².